The molecule has 0 radical (unpaired) electrons. The van der Waals surface area contributed by atoms with Crippen LogP contribution in [0, 0.1) is 11.8 Å². The second-order valence-corrected chi connectivity index (χ2v) is 12.5. The molecule has 5 atom stereocenters. The number of aryl methyl sites for hydroxylation is 1. The number of ketones is 1. The highest BCUT2D eigenvalue weighted by molar-refractivity contribution is 5.98. The number of nitrogens with zero attached hydrogens (tertiary/aromatic N) is 1. The van der Waals surface area contributed by atoms with Gasteiger partial charge in [-0.15, -0.1) is 0 Å². The fraction of sp³-hybridized carbons (Fsp3) is 0.594. The second kappa shape index (κ2) is 13.3. The Balaban J connectivity index is 1.26. The Morgan fingerprint density at radius 1 is 1.05 bits per heavy atom. The summed E-state index contributed by atoms with van der Waals surface area (Å²) in [6.45, 7) is 3.71. The van der Waals surface area contributed by atoms with Gasteiger partial charge in [0.1, 0.15) is 23.4 Å². The summed E-state index contributed by atoms with van der Waals surface area (Å²) < 4.78 is 10.7. The Kier molecular flexibility index (Phi) is 9.49. The van der Waals surface area contributed by atoms with Gasteiger partial charge < -0.3 is 25.4 Å². The van der Waals surface area contributed by atoms with Crippen molar-refractivity contribution in [3.8, 4) is 5.75 Å². The van der Waals surface area contributed by atoms with Crippen LogP contribution in [0.4, 0.5) is 0 Å². The summed E-state index contributed by atoms with van der Waals surface area (Å²) in [6, 6.07) is 4.74. The number of aromatic nitrogens is 2. The number of hydrogen-bond acceptors (Lipinski definition) is 7. The van der Waals surface area contributed by atoms with Gasteiger partial charge in [0.25, 0.3) is 0 Å². The molecule has 2 fully saturated rings. The van der Waals surface area contributed by atoms with E-state index in [1.54, 1.807) is 39.3 Å². The molecule has 232 valence electrons. The van der Waals surface area contributed by atoms with E-state index in [0.29, 0.717) is 37.5 Å². The van der Waals surface area contributed by atoms with E-state index in [1.807, 2.05) is 12.1 Å². The molecule has 1 aromatic carbocycles. The van der Waals surface area contributed by atoms with Crippen LogP contribution in [0.1, 0.15) is 69.2 Å². The third kappa shape index (κ3) is 7.62. The maximum Gasteiger partial charge on any atom is 0.243 e. The molecule has 4 N–H and O–H groups in total. The molecule has 2 heterocycles. The van der Waals surface area contributed by atoms with Crippen molar-refractivity contribution in [3.05, 3.63) is 47.3 Å². The number of rotatable bonds is 13. The van der Waals surface area contributed by atoms with Crippen molar-refractivity contribution in [3.63, 3.8) is 0 Å². The first-order valence-electron chi connectivity index (χ1n) is 15.4. The number of carbonyl (C=O) groups is 4. The maximum absolute atomic E-state index is 13.8. The molecule has 3 aliphatic rings. The SMILES string of the molecule is COc1ccc(C[C@H](NC(=O)[C@@H](C)NC(=O)[C@@H]2CCc3[nH]ncc3C2)C(=O)N[C@@H](CC2CCCC2)C(=O)[C@]2(C)CO2)cc1. The highest BCUT2D eigenvalue weighted by atomic mass is 16.6. The van der Waals surface area contributed by atoms with Crippen molar-refractivity contribution in [2.45, 2.75) is 95.4 Å². The van der Waals surface area contributed by atoms with Crippen LogP contribution in [-0.2, 0) is 43.2 Å². The lowest BCUT2D eigenvalue weighted by atomic mass is 9.87. The average molecular weight is 594 g/mol. The van der Waals surface area contributed by atoms with Gasteiger partial charge in [-0.1, -0.05) is 37.8 Å². The van der Waals surface area contributed by atoms with Crippen molar-refractivity contribution < 1.29 is 28.7 Å². The van der Waals surface area contributed by atoms with Gasteiger partial charge in [0.2, 0.25) is 17.7 Å². The number of aromatic amines is 1. The number of nitrogens with one attached hydrogen (secondary N) is 4. The zero-order valence-corrected chi connectivity index (χ0v) is 25.2. The van der Waals surface area contributed by atoms with E-state index in [1.165, 1.54) is 0 Å². The van der Waals surface area contributed by atoms with Crippen LogP contribution in [0.2, 0.25) is 0 Å². The summed E-state index contributed by atoms with van der Waals surface area (Å²) in [6.07, 6.45) is 8.76. The third-order valence-corrected chi connectivity index (χ3v) is 9.15. The lowest BCUT2D eigenvalue weighted by molar-refractivity contribution is -0.134. The van der Waals surface area contributed by atoms with Crippen LogP contribution in [0.3, 0.4) is 0 Å². The molecule has 0 unspecified atom stereocenters. The summed E-state index contributed by atoms with van der Waals surface area (Å²) in [4.78, 5) is 53.6. The standard InChI is InChI=1S/C32H43N5O6/c1-19(34-30(40)22-10-13-25-23(16-22)17-33-37-25)29(39)36-27(15-21-8-11-24(42-3)12-9-21)31(41)35-26(14-20-6-4-5-7-20)28(38)32(2)18-43-32/h8-9,11-12,17,19-20,22,26-27H,4-7,10,13-16,18H2,1-3H3,(H,33,37)(H,34,40)(H,35,41)(H,36,39)/t19-,22-,26+,27+,32+/m1/s1. The molecule has 2 aromatic rings. The lowest BCUT2D eigenvalue weighted by Crippen LogP contribution is -2.57. The summed E-state index contributed by atoms with van der Waals surface area (Å²) >= 11 is 0. The molecular weight excluding hydrogens is 550 g/mol. The molecule has 11 heteroatoms. The van der Waals surface area contributed by atoms with E-state index in [-0.39, 0.29) is 24.0 Å². The van der Waals surface area contributed by atoms with E-state index in [0.717, 1.165) is 48.9 Å². The summed E-state index contributed by atoms with van der Waals surface area (Å²) in [5, 5.41) is 15.7. The molecular formula is C32H43N5O6. The highest BCUT2D eigenvalue weighted by Gasteiger charge is 2.50. The number of amides is 3. The van der Waals surface area contributed by atoms with E-state index in [2.05, 4.69) is 26.1 Å². The highest BCUT2D eigenvalue weighted by Crippen LogP contribution is 2.33. The summed E-state index contributed by atoms with van der Waals surface area (Å²) in [5.74, 6) is -0.468. The molecule has 2 aliphatic carbocycles. The number of H-pyrrole nitrogens is 1. The average Bonchev–Trinajstić information content (AvgIpc) is 3.36. The Bertz CT molecular complexity index is 1310. The first-order chi connectivity index (χ1) is 20.6. The topological polar surface area (TPSA) is 155 Å². The number of epoxide rings is 1. The number of carbonyl (C=O) groups excluding carboxylic acids is 4. The van der Waals surface area contributed by atoms with Gasteiger partial charge in [-0.05, 0) is 68.7 Å². The van der Waals surface area contributed by atoms with E-state index in [9.17, 15) is 19.2 Å². The van der Waals surface area contributed by atoms with Crippen LogP contribution in [0.15, 0.2) is 30.5 Å². The fourth-order valence-electron chi connectivity index (χ4n) is 6.24. The second-order valence-electron chi connectivity index (χ2n) is 12.5. The van der Waals surface area contributed by atoms with E-state index >= 15 is 0 Å². The monoisotopic (exact) mass is 593 g/mol. The lowest BCUT2D eigenvalue weighted by Gasteiger charge is -2.27. The minimum atomic E-state index is -0.963. The van der Waals surface area contributed by atoms with Crippen LogP contribution < -0.4 is 20.7 Å². The third-order valence-electron chi connectivity index (χ3n) is 9.15. The van der Waals surface area contributed by atoms with Gasteiger partial charge in [-0.2, -0.15) is 5.10 Å². The van der Waals surface area contributed by atoms with Crippen LogP contribution in [0.25, 0.3) is 0 Å². The predicted octanol–water partition coefficient (Wildman–Crippen LogP) is 2.18. The maximum atomic E-state index is 13.8. The molecule has 1 aliphatic heterocycles. The molecule has 11 nitrogen and oxygen atoms in total. The minimum absolute atomic E-state index is 0.129. The van der Waals surface area contributed by atoms with Gasteiger partial charge in [0.15, 0.2) is 5.78 Å². The van der Waals surface area contributed by atoms with Gasteiger partial charge in [0, 0.05) is 18.0 Å². The molecule has 43 heavy (non-hydrogen) atoms. The number of Topliss-reactive ketones (excluding diaryl/α,β-unsaturated/α-hetero) is 1. The van der Waals surface area contributed by atoms with Crippen molar-refractivity contribution in [1.29, 1.82) is 0 Å². The largest absolute Gasteiger partial charge is 0.497 e. The number of methoxy groups -OCH3 is 1. The number of hydrogen-bond donors (Lipinski definition) is 4. The zero-order valence-electron chi connectivity index (χ0n) is 25.2. The van der Waals surface area contributed by atoms with Crippen molar-refractivity contribution >= 4 is 23.5 Å². The Hall–Kier alpha value is -3.73. The summed E-state index contributed by atoms with van der Waals surface area (Å²) in [7, 11) is 1.58. The van der Waals surface area contributed by atoms with E-state index < -0.39 is 35.5 Å². The molecule has 1 saturated carbocycles. The Morgan fingerprint density at radius 2 is 1.74 bits per heavy atom. The minimum Gasteiger partial charge on any atom is -0.497 e. The quantitative estimate of drug-likeness (QED) is 0.260. The number of fused-ring (bicyclic) bond motifs is 1. The fourth-order valence-corrected chi connectivity index (χ4v) is 6.24. The predicted molar refractivity (Wildman–Crippen MR) is 158 cm³/mol. The van der Waals surface area contributed by atoms with Gasteiger partial charge in [0.05, 0.1) is 26.0 Å². The summed E-state index contributed by atoms with van der Waals surface area (Å²) in [5.41, 5.74) is 2.01. The molecule has 3 amide bonds. The van der Waals surface area contributed by atoms with Crippen molar-refractivity contribution in [1.82, 2.24) is 26.1 Å². The van der Waals surface area contributed by atoms with Gasteiger partial charge in [-0.25, -0.2) is 0 Å². The van der Waals surface area contributed by atoms with Crippen LogP contribution >= 0.6 is 0 Å². The molecule has 5 rings (SSSR count). The first-order valence-corrected chi connectivity index (χ1v) is 15.4. The van der Waals surface area contributed by atoms with Gasteiger partial charge in [-0.3, -0.25) is 24.3 Å². The molecule has 0 bridgehead atoms. The Morgan fingerprint density at radius 3 is 2.42 bits per heavy atom. The van der Waals surface area contributed by atoms with Crippen LogP contribution in [0.5, 0.6) is 5.75 Å². The zero-order chi connectivity index (χ0) is 30.6. The molecule has 1 aromatic heterocycles. The first kappa shape index (κ1) is 30.7. The van der Waals surface area contributed by atoms with Gasteiger partial charge >= 0.3 is 0 Å². The Labute approximate surface area is 252 Å². The van der Waals surface area contributed by atoms with Crippen molar-refractivity contribution in [2.75, 3.05) is 13.7 Å². The molecule has 1 saturated heterocycles. The number of benzene rings is 1. The van der Waals surface area contributed by atoms with E-state index in [4.69, 9.17) is 9.47 Å². The normalized spacial score (nSPS) is 23.4. The van der Waals surface area contributed by atoms with Crippen LogP contribution in [-0.4, -0.2) is 71.1 Å². The smallest absolute Gasteiger partial charge is 0.243 e. The molecule has 0 spiro atoms. The van der Waals surface area contributed by atoms with Crippen molar-refractivity contribution in [2.24, 2.45) is 11.8 Å². The number of ether oxygens (including phenoxy) is 2.